The first-order valence-electron chi connectivity index (χ1n) is 5.88. The number of hydrogen-bond acceptors (Lipinski definition) is 3. The summed E-state index contributed by atoms with van der Waals surface area (Å²) in [5, 5.41) is 12.7. The summed E-state index contributed by atoms with van der Waals surface area (Å²) in [6.07, 6.45) is 0.972. The molecule has 0 aliphatic rings. The fourth-order valence-electron chi connectivity index (χ4n) is 1.65. The molecule has 1 rings (SSSR count). The van der Waals surface area contributed by atoms with Crippen molar-refractivity contribution in [1.82, 2.24) is 5.32 Å². The molecule has 0 fully saturated rings. The number of rotatable bonds is 6. The molecule has 0 radical (unpaired) electrons. The van der Waals surface area contributed by atoms with Gasteiger partial charge in [0.1, 0.15) is 11.5 Å². The number of aryl methyl sites for hydroxylation is 2. The average Bonchev–Trinajstić information content (AvgIpc) is 2.57. The van der Waals surface area contributed by atoms with Crippen LogP contribution in [0.3, 0.4) is 0 Å². The van der Waals surface area contributed by atoms with Gasteiger partial charge in [-0.3, -0.25) is 0 Å². The van der Waals surface area contributed by atoms with E-state index in [0.717, 1.165) is 31.0 Å². The van der Waals surface area contributed by atoms with Gasteiger partial charge in [-0.15, -0.1) is 0 Å². The van der Waals surface area contributed by atoms with E-state index < -0.39 is 0 Å². The van der Waals surface area contributed by atoms with Crippen molar-refractivity contribution in [2.24, 2.45) is 5.41 Å². The second kappa shape index (κ2) is 5.51. The Morgan fingerprint density at radius 2 is 2.12 bits per heavy atom. The molecular formula is C13H23NO2. The van der Waals surface area contributed by atoms with Crippen molar-refractivity contribution in [3.05, 3.63) is 23.2 Å². The molecule has 0 saturated carbocycles. The van der Waals surface area contributed by atoms with E-state index in [1.165, 1.54) is 5.56 Å². The second-order valence-electron chi connectivity index (χ2n) is 4.86. The number of furan rings is 1. The van der Waals surface area contributed by atoms with Crippen molar-refractivity contribution in [1.29, 1.82) is 0 Å². The Morgan fingerprint density at radius 1 is 1.44 bits per heavy atom. The third kappa shape index (κ3) is 3.35. The van der Waals surface area contributed by atoms with Crippen LogP contribution in [0.25, 0.3) is 0 Å². The molecule has 1 heterocycles. The minimum absolute atomic E-state index is 0.0211. The Morgan fingerprint density at radius 3 is 2.56 bits per heavy atom. The van der Waals surface area contributed by atoms with Gasteiger partial charge in [-0.25, -0.2) is 0 Å². The molecule has 0 spiro atoms. The van der Waals surface area contributed by atoms with Gasteiger partial charge in [0, 0.05) is 30.7 Å². The lowest BCUT2D eigenvalue weighted by atomic mass is 9.88. The molecule has 1 unspecified atom stereocenters. The molecule has 0 amide bonds. The molecule has 0 aliphatic carbocycles. The SMILES string of the molecule is CCC(C)(CO)CNCc1cc(C)oc1C. The number of nitrogens with one attached hydrogen (secondary N) is 1. The average molecular weight is 225 g/mol. The van der Waals surface area contributed by atoms with Crippen molar-refractivity contribution in [3.63, 3.8) is 0 Å². The fourth-order valence-corrected chi connectivity index (χ4v) is 1.65. The molecule has 0 aromatic carbocycles. The van der Waals surface area contributed by atoms with Gasteiger partial charge in [-0.2, -0.15) is 0 Å². The van der Waals surface area contributed by atoms with E-state index >= 15 is 0 Å². The standard InChI is InChI=1S/C13H23NO2/c1-5-13(4,9-15)8-14-7-12-6-10(2)16-11(12)3/h6,14-15H,5,7-9H2,1-4H3. The summed E-state index contributed by atoms with van der Waals surface area (Å²) in [5.41, 5.74) is 1.18. The molecule has 0 saturated heterocycles. The Hall–Kier alpha value is -0.800. The van der Waals surface area contributed by atoms with E-state index in [0.29, 0.717) is 0 Å². The van der Waals surface area contributed by atoms with Crippen LogP contribution in [0.4, 0.5) is 0 Å². The summed E-state index contributed by atoms with van der Waals surface area (Å²) in [5.74, 6) is 1.93. The van der Waals surface area contributed by atoms with Gasteiger partial charge >= 0.3 is 0 Å². The molecule has 16 heavy (non-hydrogen) atoms. The fraction of sp³-hybridized carbons (Fsp3) is 0.692. The molecule has 1 aromatic heterocycles. The smallest absolute Gasteiger partial charge is 0.105 e. The quantitative estimate of drug-likeness (QED) is 0.781. The highest BCUT2D eigenvalue weighted by molar-refractivity contribution is 5.19. The van der Waals surface area contributed by atoms with E-state index in [-0.39, 0.29) is 12.0 Å². The maximum absolute atomic E-state index is 9.28. The number of aliphatic hydroxyl groups excluding tert-OH is 1. The Bertz CT molecular complexity index is 327. The topological polar surface area (TPSA) is 45.4 Å². The summed E-state index contributed by atoms with van der Waals surface area (Å²) >= 11 is 0. The highest BCUT2D eigenvalue weighted by atomic mass is 16.3. The first kappa shape index (κ1) is 13.3. The van der Waals surface area contributed by atoms with E-state index in [9.17, 15) is 5.11 Å². The summed E-state index contributed by atoms with van der Waals surface area (Å²) in [4.78, 5) is 0. The number of hydrogen-bond donors (Lipinski definition) is 2. The third-order valence-electron chi connectivity index (χ3n) is 3.25. The van der Waals surface area contributed by atoms with Gasteiger partial charge in [0.15, 0.2) is 0 Å². The van der Waals surface area contributed by atoms with Crippen molar-refractivity contribution in [2.45, 2.75) is 40.7 Å². The van der Waals surface area contributed by atoms with Crippen molar-refractivity contribution in [3.8, 4) is 0 Å². The van der Waals surface area contributed by atoms with Crippen LogP contribution >= 0.6 is 0 Å². The van der Waals surface area contributed by atoms with E-state index in [2.05, 4.69) is 25.2 Å². The van der Waals surface area contributed by atoms with Crippen LogP contribution < -0.4 is 5.32 Å². The largest absolute Gasteiger partial charge is 0.466 e. The normalized spacial score (nSPS) is 15.1. The zero-order valence-corrected chi connectivity index (χ0v) is 10.8. The zero-order chi connectivity index (χ0) is 12.2. The van der Waals surface area contributed by atoms with E-state index in [1.807, 2.05) is 13.8 Å². The van der Waals surface area contributed by atoms with Crippen LogP contribution in [0, 0.1) is 19.3 Å². The monoisotopic (exact) mass is 225 g/mol. The van der Waals surface area contributed by atoms with Crippen molar-refractivity contribution >= 4 is 0 Å². The van der Waals surface area contributed by atoms with Crippen LogP contribution in [0.15, 0.2) is 10.5 Å². The summed E-state index contributed by atoms with van der Waals surface area (Å²) in [6.45, 7) is 9.98. The van der Waals surface area contributed by atoms with Gasteiger partial charge in [0.2, 0.25) is 0 Å². The molecule has 1 atom stereocenters. The van der Waals surface area contributed by atoms with Crippen molar-refractivity contribution < 1.29 is 9.52 Å². The van der Waals surface area contributed by atoms with Crippen LogP contribution in [0.5, 0.6) is 0 Å². The van der Waals surface area contributed by atoms with Gasteiger partial charge in [-0.05, 0) is 26.3 Å². The lowest BCUT2D eigenvalue weighted by Gasteiger charge is -2.25. The first-order chi connectivity index (χ1) is 7.50. The molecule has 3 nitrogen and oxygen atoms in total. The molecule has 0 bridgehead atoms. The van der Waals surface area contributed by atoms with E-state index in [1.54, 1.807) is 0 Å². The zero-order valence-electron chi connectivity index (χ0n) is 10.8. The Kier molecular flexibility index (Phi) is 4.56. The maximum Gasteiger partial charge on any atom is 0.105 e. The van der Waals surface area contributed by atoms with Gasteiger partial charge in [0.25, 0.3) is 0 Å². The molecule has 3 heteroatoms. The molecule has 92 valence electrons. The lowest BCUT2D eigenvalue weighted by molar-refractivity contribution is 0.135. The predicted molar refractivity (Wildman–Crippen MR) is 65.4 cm³/mol. The Labute approximate surface area is 97.9 Å². The van der Waals surface area contributed by atoms with Crippen molar-refractivity contribution in [2.75, 3.05) is 13.2 Å². The minimum Gasteiger partial charge on any atom is -0.466 e. The van der Waals surface area contributed by atoms with Crippen LogP contribution in [-0.2, 0) is 6.54 Å². The second-order valence-corrected chi connectivity index (χ2v) is 4.86. The first-order valence-corrected chi connectivity index (χ1v) is 5.88. The van der Waals surface area contributed by atoms with Crippen LogP contribution in [-0.4, -0.2) is 18.3 Å². The molecule has 0 aliphatic heterocycles. The maximum atomic E-state index is 9.28. The van der Waals surface area contributed by atoms with Gasteiger partial charge in [0.05, 0.1) is 0 Å². The van der Waals surface area contributed by atoms with E-state index in [4.69, 9.17) is 4.42 Å². The molecule has 1 aromatic rings. The molecule has 2 N–H and O–H groups in total. The number of aliphatic hydroxyl groups is 1. The highest BCUT2D eigenvalue weighted by Gasteiger charge is 2.20. The summed E-state index contributed by atoms with van der Waals surface area (Å²) in [6, 6.07) is 2.06. The Balaban J connectivity index is 2.44. The van der Waals surface area contributed by atoms with Gasteiger partial charge in [-0.1, -0.05) is 13.8 Å². The summed E-state index contributed by atoms with van der Waals surface area (Å²) < 4.78 is 5.46. The highest BCUT2D eigenvalue weighted by Crippen LogP contribution is 2.19. The predicted octanol–water partition coefficient (Wildman–Crippen LogP) is 2.39. The van der Waals surface area contributed by atoms with Gasteiger partial charge < -0.3 is 14.8 Å². The summed E-state index contributed by atoms with van der Waals surface area (Å²) in [7, 11) is 0. The lowest BCUT2D eigenvalue weighted by Crippen LogP contribution is -2.34. The third-order valence-corrected chi connectivity index (χ3v) is 3.25. The minimum atomic E-state index is -0.0211. The van der Waals surface area contributed by atoms with Crippen LogP contribution in [0.1, 0.15) is 37.4 Å². The molecular weight excluding hydrogens is 202 g/mol. The van der Waals surface area contributed by atoms with Crippen LogP contribution in [0.2, 0.25) is 0 Å².